The van der Waals surface area contributed by atoms with Gasteiger partial charge in [0.1, 0.15) is 0 Å². The third-order valence-corrected chi connectivity index (χ3v) is 3.25. The number of rotatable bonds is 2. The quantitative estimate of drug-likeness (QED) is 0.741. The normalized spacial score (nSPS) is 10.2. The molecule has 18 heavy (non-hydrogen) atoms. The molecule has 2 aromatic carbocycles. The Labute approximate surface area is 113 Å². The minimum atomic E-state index is 0.532. The van der Waals surface area contributed by atoms with Gasteiger partial charge in [-0.25, -0.2) is 0 Å². The summed E-state index contributed by atoms with van der Waals surface area (Å²) in [5.74, 6) is 0. The standard InChI is InChI=1S/C16H16OS/c1-11-8-12(2)10-13(9-11)14-6-4-5-7-15(14)16(18)17-3/h4-10H,1-3H3. The Hall–Kier alpha value is -1.67. The highest BCUT2D eigenvalue weighted by molar-refractivity contribution is 7.80. The fraction of sp³-hybridized carbons (Fsp3) is 0.188. The maximum absolute atomic E-state index is 5.25. The van der Waals surface area contributed by atoms with Gasteiger partial charge >= 0.3 is 0 Å². The van der Waals surface area contributed by atoms with Gasteiger partial charge in [-0.15, -0.1) is 0 Å². The van der Waals surface area contributed by atoms with Gasteiger partial charge in [-0.1, -0.05) is 47.5 Å². The number of aryl methyl sites for hydroxylation is 2. The average Bonchev–Trinajstić information content (AvgIpc) is 2.36. The first kappa shape index (κ1) is 12.8. The minimum Gasteiger partial charge on any atom is -0.486 e. The molecule has 0 aromatic heterocycles. The Kier molecular flexibility index (Phi) is 3.78. The molecule has 92 valence electrons. The van der Waals surface area contributed by atoms with Gasteiger partial charge in [0.15, 0.2) is 5.05 Å². The zero-order valence-electron chi connectivity index (χ0n) is 10.9. The molecule has 0 unspecified atom stereocenters. The van der Waals surface area contributed by atoms with Crippen LogP contribution in [0.25, 0.3) is 11.1 Å². The van der Waals surface area contributed by atoms with Gasteiger partial charge in [0.25, 0.3) is 0 Å². The number of methoxy groups -OCH3 is 1. The molecule has 0 atom stereocenters. The average molecular weight is 256 g/mol. The molecule has 0 saturated heterocycles. The summed E-state index contributed by atoms with van der Waals surface area (Å²) in [6.45, 7) is 4.21. The van der Waals surface area contributed by atoms with Crippen molar-refractivity contribution in [2.45, 2.75) is 13.8 Å². The van der Waals surface area contributed by atoms with E-state index in [-0.39, 0.29) is 0 Å². The van der Waals surface area contributed by atoms with E-state index < -0.39 is 0 Å². The van der Waals surface area contributed by atoms with E-state index >= 15 is 0 Å². The molecule has 2 aromatic rings. The van der Waals surface area contributed by atoms with Crippen LogP contribution in [-0.2, 0) is 4.74 Å². The lowest BCUT2D eigenvalue weighted by Gasteiger charge is -2.11. The Morgan fingerprint density at radius 2 is 1.61 bits per heavy atom. The van der Waals surface area contributed by atoms with Crippen molar-refractivity contribution in [1.82, 2.24) is 0 Å². The maximum atomic E-state index is 5.25. The molecule has 0 amide bonds. The molecule has 2 rings (SSSR count). The Balaban J connectivity index is 2.60. The van der Waals surface area contributed by atoms with E-state index in [2.05, 4.69) is 38.1 Å². The summed E-state index contributed by atoms with van der Waals surface area (Å²) in [7, 11) is 1.61. The highest BCUT2D eigenvalue weighted by atomic mass is 32.1. The van der Waals surface area contributed by atoms with Gasteiger partial charge in [0.2, 0.25) is 0 Å². The highest BCUT2D eigenvalue weighted by Crippen LogP contribution is 2.26. The summed E-state index contributed by atoms with van der Waals surface area (Å²) in [5, 5.41) is 0.532. The summed E-state index contributed by atoms with van der Waals surface area (Å²) >= 11 is 5.25. The van der Waals surface area contributed by atoms with Crippen LogP contribution in [0.3, 0.4) is 0 Å². The fourth-order valence-electron chi connectivity index (χ4n) is 2.15. The second-order valence-electron chi connectivity index (χ2n) is 4.41. The van der Waals surface area contributed by atoms with E-state index in [1.54, 1.807) is 7.11 Å². The maximum Gasteiger partial charge on any atom is 0.191 e. The van der Waals surface area contributed by atoms with Gasteiger partial charge in [-0.3, -0.25) is 0 Å². The Morgan fingerprint density at radius 3 is 2.22 bits per heavy atom. The number of thiocarbonyl (C=S) groups is 1. The van der Waals surface area contributed by atoms with Crippen LogP contribution in [0.15, 0.2) is 42.5 Å². The molecule has 2 heteroatoms. The number of hydrogen-bond acceptors (Lipinski definition) is 2. The van der Waals surface area contributed by atoms with Gasteiger partial charge in [0.05, 0.1) is 7.11 Å². The van der Waals surface area contributed by atoms with Gasteiger partial charge in [0, 0.05) is 5.56 Å². The van der Waals surface area contributed by atoms with Crippen molar-refractivity contribution >= 4 is 17.3 Å². The summed E-state index contributed by atoms with van der Waals surface area (Å²) in [6.07, 6.45) is 0. The largest absolute Gasteiger partial charge is 0.486 e. The fourth-order valence-corrected chi connectivity index (χ4v) is 2.33. The van der Waals surface area contributed by atoms with Crippen LogP contribution in [0.5, 0.6) is 0 Å². The van der Waals surface area contributed by atoms with Crippen molar-refractivity contribution in [3.05, 3.63) is 59.2 Å². The smallest absolute Gasteiger partial charge is 0.191 e. The van der Waals surface area contributed by atoms with Crippen LogP contribution in [0.1, 0.15) is 16.7 Å². The Morgan fingerprint density at radius 1 is 1.00 bits per heavy atom. The first-order valence-corrected chi connectivity index (χ1v) is 6.28. The van der Waals surface area contributed by atoms with Crippen LogP contribution in [0.2, 0.25) is 0 Å². The van der Waals surface area contributed by atoms with Crippen molar-refractivity contribution in [2.75, 3.05) is 7.11 Å². The third kappa shape index (κ3) is 2.59. The van der Waals surface area contributed by atoms with Crippen molar-refractivity contribution in [3.8, 4) is 11.1 Å². The lowest BCUT2D eigenvalue weighted by molar-refractivity contribution is 0.416. The zero-order valence-corrected chi connectivity index (χ0v) is 11.7. The van der Waals surface area contributed by atoms with Crippen LogP contribution < -0.4 is 0 Å². The van der Waals surface area contributed by atoms with E-state index in [0.717, 1.165) is 11.1 Å². The molecule has 1 nitrogen and oxygen atoms in total. The summed E-state index contributed by atoms with van der Waals surface area (Å²) < 4.78 is 5.19. The van der Waals surface area contributed by atoms with Crippen LogP contribution >= 0.6 is 12.2 Å². The molecule has 0 aliphatic carbocycles. The molecule has 0 fully saturated rings. The summed E-state index contributed by atoms with van der Waals surface area (Å²) in [6, 6.07) is 14.6. The zero-order chi connectivity index (χ0) is 13.1. The second kappa shape index (κ2) is 5.32. The molecule has 0 bridgehead atoms. The topological polar surface area (TPSA) is 9.23 Å². The second-order valence-corrected chi connectivity index (χ2v) is 4.78. The predicted octanol–water partition coefficient (Wildman–Crippen LogP) is 4.29. The molecule has 0 spiro atoms. The van der Waals surface area contributed by atoms with E-state index in [4.69, 9.17) is 17.0 Å². The van der Waals surface area contributed by atoms with Crippen molar-refractivity contribution < 1.29 is 4.74 Å². The van der Waals surface area contributed by atoms with Gasteiger partial charge in [-0.2, -0.15) is 0 Å². The van der Waals surface area contributed by atoms with E-state index in [1.165, 1.54) is 16.7 Å². The first-order valence-electron chi connectivity index (χ1n) is 5.88. The Bertz CT molecular complexity index is 567. The number of hydrogen-bond donors (Lipinski definition) is 0. The highest BCUT2D eigenvalue weighted by Gasteiger charge is 2.09. The van der Waals surface area contributed by atoms with E-state index in [1.807, 2.05) is 18.2 Å². The predicted molar refractivity (Wildman–Crippen MR) is 80.1 cm³/mol. The van der Waals surface area contributed by atoms with Gasteiger partial charge < -0.3 is 4.74 Å². The lowest BCUT2D eigenvalue weighted by atomic mass is 9.97. The molecule has 0 heterocycles. The monoisotopic (exact) mass is 256 g/mol. The molecular weight excluding hydrogens is 240 g/mol. The first-order chi connectivity index (χ1) is 8.61. The third-order valence-electron chi connectivity index (χ3n) is 2.87. The number of benzene rings is 2. The lowest BCUT2D eigenvalue weighted by Crippen LogP contribution is -2.02. The van der Waals surface area contributed by atoms with E-state index in [9.17, 15) is 0 Å². The minimum absolute atomic E-state index is 0.532. The molecule has 0 aliphatic rings. The molecular formula is C16H16OS. The molecule has 0 aliphatic heterocycles. The van der Waals surface area contributed by atoms with Crippen LogP contribution in [0, 0.1) is 13.8 Å². The van der Waals surface area contributed by atoms with Crippen LogP contribution in [0.4, 0.5) is 0 Å². The number of ether oxygens (including phenoxy) is 1. The molecule has 0 N–H and O–H groups in total. The molecule has 0 radical (unpaired) electrons. The van der Waals surface area contributed by atoms with Crippen molar-refractivity contribution in [1.29, 1.82) is 0 Å². The summed E-state index contributed by atoms with van der Waals surface area (Å²) in [5.41, 5.74) is 5.78. The van der Waals surface area contributed by atoms with Crippen molar-refractivity contribution in [3.63, 3.8) is 0 Å². The van der Waals surface area contributed by atoms with Crippen LogP contribution in [-0.4, -0.2) is 12.2 Å². The van der Waals surface area contributed by atoms with Gasteiger partial charge in [-0.05, 0) is 43.3 Å². The van der Waals surface area contributed by atoms with E-state index in [0.29, 0.717) is 5.05 Å². The van der Waals surface area contributed by atoms with Crippen molar-refractivity contribution in [2.24, 2.45) is 0 Å². The summed E-state index contributed by atoms with van der Waals surface area (Å²) in [4.78, 5) is 0. The SMILES string of the molecule is COC(=S)c1ccccc1-c1cc(C)cc(C)c1. The molecule has 0 saturated carbocycles.